The molecule has 2 N–H and O–H groups in total. The van der Waals surface area contributed by atoms with Crippen LogP contribution in [0.2, 0.25) is 0 Å². The quantitative estimate of drug-likeness (QED) is 0.701. The lowest BCUT2D eigenvalue weighted by Gasteiger charge is -2.05. The fourth-order valence-electron chi connectivity index (χ4n) is 1.40. The molecule has 15 heavy (non-hydrogen) atoms. The Morgan fingerprint density at radius 1 is 0.867 bits per heavy atom. The first-order valence-corrected chi connectivity index (χ1v) is 4.46. The summed E-state index contributed by atoms with van der Waals surface area (Å²) in [5.74, 6) is -1.97. The van der Waals surface area contributed by atoms with Crippen molar-refractivity contribution in [1.29, 1.82) is 0 Å². The van der Waals surface area contributed by atoms with Gasteiger partial charge in [-0.15, -0.1) is 0 Å². The number of phenolic OH excluding ortho intramolecular Hbond substituents is 2. The normalized spacial score (nSPS) is 10.2. The van der Waals surface area contributed by atoms with Gasteiger partial charge in [-0.05, 0) is 17.7 Å². The van der Waals surface area contributed by atoms with Gasteiger partial charge >= 0.3 is 0 Å². The first kappa shape index (κ1) is 9.52. The molecule has 0 saturated carbocycles. The van der Waals surface area contributed by atoms with E-state index in [4.69, 9.17) is 5.11 Å². The van der Waals surface area contributed by atoms with Crippen LogP contribution in [-0.2, 0) is 0 Å². The summed E-state index contributed by atoms with van der Waals surface area (Å²) in [5.41, 5.74) is 0.927. The van der Waals surface area contributed by atoms with E-state index in [0.717, 1.165) is 0 Å². The molecule has 2 rings (SSSR count). The smallest absolute Gasteiger partial charge is 0.194 e. The van der Waals surface area contributed by atoms with Crippen molar-refractivity contribution in [2.24, 2.45) is 0 Å². The summed E-state index contributed by atoms with van der Waals surface area (Å²) in [5, 5.41) is 18.3. The molecule has 0 aliphatic heterocycles. The van der Waals surface area contributed by atoms with Crippen LogP contribution in [0.15, 0.2) is 42.5 Å². The minimum Gasteiger partial charge on any atom is -0.504 e. The molecule has 0 atom stereocenters. The second-order valence-corrected chi connectivity index (χ2v) is 3.16. The first-order chi connectivity index (χ1) is 7.20. The molecule has 0 unspecified atom stereocenters. The van der Waals surface area contributed by atoms with Crippen LogP contribution in [0.25, 0.3) is 11.1 Å². The topological polar surface area (TPSA) is 40.5 Å². The van der Waals surface area contributed by atoms with Crippen molar-refractivity contribution in [3.8, 4) is 22.6 Å². The van der Waals surface area contributed by atoms with E-state index in [9.17, 15) is 9.50 Å². The van der Waals surface area contributed by atoms with Gasteiger partial charge in [0.15, 0.2) is 17.3 Å². The highest BCUT2D eigenvalue weighted by atomic mass is 19.1. The highest BCUT2D eigenvalue weighted by molar-refractivity contribution is 5.67. The van der Waals surface area contributed by atoms with Gasteiger partial charge in [-0.25, -0.2) is 4.39 Å². The van der Waals surface area contributed by atoms with Crippen LogP contribution in [0.1, 0.15) is 0 Å². The zero-order valence-corrected chi connectivity index (χ0v) is 7.81. The lowest BCUT2D eigenvalue weighted by atomic mass is 10.0. The molecule has 0 heterocycles. The molecular formula is C12H9FO2. The zero-order valence-electron chi connectivity index (χ0n) is 7.81. The van der Waals surface area contributed by atoms with Crippen molar-refractivity contribution in [2.45, 2.75) is 0 Å². The third-order valence-corrected chi connectivity index (χ3v) is 2.18. The van der Waals surface area contributed by atoms with E-state index in [1.807, 2.05) is 6.07 Å². The van der Waals surface area contributed by atoms with Gasteiger partial charge < -0.3 is 10.2 Å². The summed E-state index contributed by atoms with van der Waals surface area (Å²) < 4.78 is 13.5. The summed E-state index contributed by atoms with van der Waals surface area (Å²) in [4.78, 5) is 0. The van der Waals surface area contributed by atoms with Crippen LogP contribution in [0.4, 0.5) is 4.39 Å². The molecule has 0 fully saturated rings. The molecule has 2 aromatic carbocycles. The highest BCUT2D eigenvalue weighted by Gasteiger charge is 2.12. The highest BCUT2D eigenvalue weighted by Crippen LogP contribution is 2.34. The number of benzene rings is 2. The zero-order chi connectivity index (χ0) is 10.8. The Balaban J connectivity index is 2.60. The standard InChI is InChI=1S/C12H9FO2/c13-11-9(6-7-10(14)12(11)15)8-4-2-1-3-5-8/h1-7,14-15H. The third-order valence-electron chi connectivity index (χ3n) is 2.18. The summed E-state index contributed by atoms with van der Waals surface area (Å²) >= 11 is 0. The van der Waals surface area contributed by atoms with Crippen molar-refractivity contribution >= 4 is 0 Å². The lowest BCUT2D eigenvalue weighted by Crippen LogP contribution is -1.85. The monoisotopic (exact) mass is 204 g/mol. The third kappa shape index (κ3) is 1.64. The van der Waals surface area contributed by atoms with Crippen LogP contribution in [0.5, 0.6) is 11.5 Å². The van der Waals surface area contributed by atoms with Gasteiger partial charge in [0.1, 0.15) is 0 Å². The average Bonchev–Trinajstić information content (AvgIpc) is 2.27. The van der Waals surface area contributed by atoms with Gasteiger partial charge in [0.2, 0.25) is 0 Å². The maximum Gasteiger partial charge on any atom is 0.194 e. The van der Waals surface area contributed by atoms with Crippen molar-refractivity contribution in [3.63, 3.8) is 0 Å². The lowest BCUT2D eigenvalue weighted by molar-refractivity contribution is 0.380. The Bertz CT molecular complexity index is 480. The maximum atomic E-state index is 13.5. The minimum atomic E-state index is -0.804. The van der Waals surface area contributed by atoms with Crippen molar-refractivity contribution < 1.29 is 14.6 Å². The van der Waals surface area contributed by atoms with Crippen LogP contribution >= 0.6 is 0 Å². The predicted octanol–water partition coefficient (Wildman–Crippen LogP) is 2.90. The van der Waals surface area contributed by atoms with Crippen LogP contribution in [0, 0.1) is 5.82 Å². The molecule has 0 bridgehead atoms. The molecular weight excluding hydrogens is 195 g/mol. The molecule has 0 aromatic heterocycles. The number of halogens is 1. The Morgan fingerprint density at radius 2 is 1.53 bits per heavy atom. The molecule has 0 amide bonds. The van der Waals surface area contributed by atoms with Gasteiger partial charge in [-0.1, -0.05) is 30.3 Å². The van der Waals surface area contributed by atoms with Gasteiger partial charge in [0.05, 0.1) is 0 Å². The fraction of sp³-hybridized carbons (Fsp3) is 0. The maximum absolute atomic E-state index is 13.5. The Labute approximate surface area is 86.2 Å². The Hall–Kier alpha value is -2.03. The van der Waals surface area contributed by atoms with Gasteiger partial charge in [-0.2, -0.15) is 0 Å². The molecule has 0 saturated heterocycles. The van der Waals surface area contributed by atoms with Crippen molar-refractivity contribution in [3.05, 3.63) is 48.3 Å². The van der Waals surface area contributed by atoms with Crippen molar-refractivity contribution in [2.75, 3.05) is 0 Å². The molecule has 0 aliphatic rings. The van der Waals surface area contributed by atoms with E-state index in [0.29, 0.717) is 5.56 Å². The van der Waals surface area contributed by atoms with E-state index in [1.165, 1.54) is 12.1 Å². The van der Waals surface area contributed by atoms with Crippen LogP contribution in [0.3, 0.4) is 0 Å². The summed E-state index contributed by atoms with van der Waals surface area (Å²) in [7, 11) is 0. The average molecular weight is 204 g/mol. The molecule has 2 aromatic rings. The number of hydrogen-bond acceptors (Lipinski definition) is 2. The fourth-order valence-corrected chi connectivity index (χ4v) is 1.40. The Kier molecular flexibility index (Phi) is 2.29. The molecule has 3 heteroatoms. The van der Waals surface area contributed by atoms with E-state index in [2.05, 4.69) is 0 Å². The summed E-state index contributed by atoms with van der Waals surface area (Å²) in [6.07, 6.45) is 0. The molecule has 76 valence electrons. The van der Waals surface area contributed by atoms with Gasteiger partial charge in [0, 0.05) is 5.56 Å². The van der Waals surface area contributed by atoms with Gasteiger partial charge in [-0.3, -0.25) is 0 Å². The largest absolute Gasteiger partial charge is 0.504 e. The summed E-state index contributed by atoms with van der Waals surface area (Å²) in [6, 6.07) is 11.5. The first-order valence-electron chi connectivity index (χ1n) is 4.46. The number of hydrogen-bond donors (Lipinski definition) is 2. The molecule has 0 spiro atoms. The van der Waals surface area contributed by atoms with Crippen LogP contribution < -0.4 is 0 Å². The second-order valence-electron chi connectivity index (χ2n) is 3.16. The van der Waals surface area contributed by atoms with E-state index >= 15 is 0 Å². The SMILES string of the molecule is Oc1ccc(-c2ccccc2)c(F)c1O. The predicted molar refractivity (Wildman–Crippen MR) is 55.2 cm³/mol. The Morgan fingerprint density at radius 3 is 2.20 bits per heavy atom. The molecule has 0 aliphatic carbocycles. The summed E-state index contributed by atoms with van der Waals surface area (Å²) in [6.45, 7) is 0. The minimum absolute atomic E-state index is 0.269. The molecule has 2 nitrogen and oxygen atoms in total. The van der Waals surface area contributed by atoms with E-state index < -0.39 is 17.3 Å². The van der Waals surface area contributed by atoms with Gasteiger partial charge in [0.25, 0.3) is 0 Å². The van der Waals surface area contributed by atoms with Crippen molar-refractivity contribution in [1.82, 2.24) is 0 Å². The number of aromatic hydroxyl groups is 2. The van der Waals surface area contributed by atoms with Crippen LogP contribution in [-0.4, -0.2) is 10.2 Å². The second kappa shape index (κ2) is 3.61. The number of rotatable bonds is 1. The van der Waals surface area contributed by atoms with E-state index in [-0.39, 0.29) is 5.56 Å². The van der Waals surface area contributed by atoms with E-state index in [1.54, 1.807) is 24.3 Å². The number of phenols is 2. The molecule has 0 radical (unpaired) electrons.